The number of anilines is 1. The van der Waals surface area contributed by atoms with E-state index in [2.05, 4.69) is 21.9 Å². The highest BCUT2D eigenvalue weighted by molar-refractivity contribution is 6.01. The van der Waals surface area contributed by atoms with Crippen molar-refractivity contribution >= 4 is 28.8 Å². The molecule has 9 heteroatoms. The minimum Gasteiger partial charge on any atom is -0.394 e. The van der Waals surface area contributed by atoms with Crippen molar-refractivity contribution in [1.29, 1.82) is 0 Å². The van der Waals surface area contributed by atoms with Gasteiger partial charge in [0.2, 0.25) is 5.91 Å². The van der Waals surface area contributed by atoms with Gasteiger partial charge in [0, 0.05) is 25.8 Å². The van der Waals surface area contributed by atoms with E-state index in [1.54, 1.807) is 23.8 Å². The number of methoxy groups -OCH3 is 1. The van der Waals surface area contributed by atoms with Crippen LogP contribution in [0.25, 0.3) is 17.1 Å². The molecule has 26 heavy (non-hydrogen) atoms. The molecule has 9 nitrogen and oxygen atoms in total. The summed E-state index contributed by atoms with van der Waals surface area (Å²) in [5.74, 6) is 0.0925. The first kappa shape index (κ1) is 18.5. The standard InChI is InChI=1S/C17H22N4O5/c1-5-10-6-21(15-12(10)14(18-8-19-15)20-9(2)23)16-17(3,25-4)13(24)11(7-22)26-16/h5-6,8,11,13,16,22,24H,1,7H2,2-4H3,(H,18,19,20,23)/t11?,13?,16-,17?/m1/s1. The van der Waals surface area contributed by atoms with Crippen LogP contribution in [-0.4, -0.2) is 62.2 Å². The Morgan fingerprint density at radius 3 is 2.88 bits per heavy atom. The number of aromatic nitrogens is 3. The molecule has 2 aromatic rings. The summed E-state index contributed by atoms with van der Waals surface area (Å²) < 4.78 is 13.1. The van der Waals surface area contributed by atoms with Gasteiger partial charge in [-0.3, -0.25) is 4.79 Å². The van der Waals surface area contributed by atoms with Crippen molar-refractivity contribution in [3.05, 3.63) is 24.7 Å². The number of hydrogen-bond acceptors (Lipinski definition) is 7. The predicted molar refractivity (Wildman–Crippen MR) is 94.3 cm³/mol. The number of carbonyl (C=O) groups is 1. The Morgan fingerprint density at radius 1 is 1.58 bits per heavy atom. The molecule has 140 valence electrons. The summed E-state index contributed by atoms with van der Waals surface area (Å²) in [7, 11) is 1.47. The lowest BCUT2D eigenvalue weighted by molar-refractivity contribution is -0.118. The van der Waals surface area contributed by atoms with E-state index in [0.717, 1.165) is 0 Å². The van der Waals surface area contributed by atoms with Gasteiger partial charge >= 0.3 is 0 Å². The van der Waals surface area contributed by atoms with Crippen molar-refractivity contribution in [2.24, 2.45) is 0 Å². The van der Waals surface area contributed by atoms with E-state index in [0.29, 0.717) is 22.4 Å². The monoisotopic (exact) mass is 362 g/mol. The summed E-state index contributed by atoms with van der Waals surface area (Å²) in [5, 5.41) is 23.3. The molecule has 0 spiro atoms. The smallest absolute Gasteiger partial charge is 0.222 e. The fourth-order valence-electron chi connectivity index (χ4n) is 3.30. The summed E-state index contributed by atoms with van der Waals surface area (Å²) in [6.07, 6.45) is 2.10. The van der Waals surface area contributed by atoms with Crippen LogP contribution < -0.4 is 5.32 Å². The van der Waals surface area contributed by atoms with Crippen molar-refractivity contribution < 1.29 is 24.5 Å². The van der Waals surface area contributed by atoms with Gasteiger partial charge in [0.15, 0.2) is 6.23 Å². The van der Waals surface area contributed by atoms with Crippen LogP contribution in [-0.2, 0) is 14.3 Å². The van der Waals surface area contributed by atoms with Gasteiger partial charge in [-0.25, -0.2) is 9.97 Å². The number of rotatable bonds is 5. The third-order valence-electron chi connectivity index (χ3n) is 4.76. The molecule has 0 saturated carbocycles. The molecule has 0 radical (unpaired) electrons. The maximum absolute atomic E-state index is 11.5. The van der Waals surface area contributed by atoms with E-state index >= 15 is 0 Å². The van der Waals surface area contributed by atoms with Crippen LogP contribution in [0.1, 0.15) is 25.6 Å². The summed E-state index contributed by atoms with van der Waals surface area (Å²) >= 11 is 0. The summed E-state index contributed by atoms with van der Waals surface area (Å²) in [6.45, 7) is 6.54. The van der Waals surface area contributed by atoms with Crippen molar-refractivity contribution in [2.45, 2.75) is 37.9 Å². The van der Waals surface area contributed by atoms with Gasteiger partial charge < -0.3 is 29.6 Å². The molecule has 3 N–H and O–H groups in total. The predicted octanol–water partition coefficient (Wildman–Crippen LogP) is 0.688. The second kappa shape index (κ2) is 6.76. The lowest BCUT2D eigenvalue weighted by Gasteiger charge is -2.31. The molecule has 1 saturated heterocycles. The maximum Gasteiger partial charge on any atom is 0.222 e. The lowest BCUT2D eigenvalue weighted by Crippen LogP contribution is -2.46. The molecule has 1 fully saturated rings. The number of fused-ring (bicyclic) bond motifs is 1. The van der Waals surface area contributed by atoms with Crippen molar-refractivity contribution in [3.8, 4) is 0 Å². The zero-order valence-corrected chi connectivity index (χ0v) is 14.8. The van der Waals surface area contributed by atoms with E-state index < -0.39 is 24.0 Å². The van der Waals surface area contributed by atoms with Crippen LogP contribution in [0.15, 0.2) is 19.1 Å². The van der Waals surface area contributed by atoms with E-state index in [4.69, 9.17) is 9.47 Å². The molecule has 0 aromatic carbocycles. The van der Waals surface area contributed by atoms with Gasteiger partial charge in [-0.1, -0.05) is 12.7 Å². The molecule has 0 aliphatic carbocycles. The molecule has 0 bridgehead atoms. The van der Waals surface area contributed by atoms with Gasteiger partial charge in [0.25, 0.3) is 0 Å². The van der Waals surface area contributed by atoms with E-state index in [-0.39, 0.29) is 12.5 Å². The molecular formula is C17H22N4O5. The molecule has 2 aromatic heterocycles. The molecule has 3 rings (SSSR count). The Labute approximate surface area is 150 Å². The summed E-state index contributed by atoms with van der Waals surface area (Å²) in [4.78, 5) is 19.9. The summed E-state index contributed by atoms with van der Waals surface area (Å²) in [6, 6.07) is 0. The third kappa shape index (κ3) is 2.69. The van der Waals surface area contributed by atoms with Crippen molar-refractivity contribution in [2.75, 3.05) is 19.0 Å². The first-order chi connectivity index (χ1) is 12.4. The molecule has 3 heterocycles. The number of aliphatic hydroxyl groups is 2. The van der Waals surface area contributed by atoms with Crippen molar-refractivity contribution in [3.63, 3.8) is 0 Å². The van der Waals surface area contributed by atoms with Gasteiger partial charge in [-0.2, -0.15) is 0 Å². The van der Waals surface area contributed by atoms with E-state index in [9.17, 15) is 15.0 Å². The van der Waals surface area contributed by atoms with E-state index in [1.807, 2.05) is 0 Å². The first-order valence-corrected chi connectivity index (χ1v) is 8.12. The SMILES string of the molecule is C=Cc1cn([C@@H]2OC(CO)C(O)C2(C)OC)c2ncnc(NC(C)=O)c12. The topological polar surface area (TPSA) is 119 Å². The fraction of sp³-hybridized carbons (Fsp3) is 0.471. The Balaban J connectivity index is 2.20. The number of hydrogen-bond donors (Lipinski definition) is 3. The molecular weight excluding hydrogens is 340 g/mol. The maximum atomic E-state index is 11.5. The highest BCUT2D eigenvalue weighted by atomic mass is 16.6. The fourth-order valence-corrected chi connectivity index (χ4v) is 3.30. The average molecular weight is 362 g/mol. The Bertz CT molecular complexity index is 851. The highest BCUT2D eigenvalue weighted by Gasteiger charge is 2.54. The van der Waals surface area contributed by atoms with Crippen molar-refractivity contribution in [1.82, 2.24) is 14.5 Å². The normalized spacial score (nSPS) is 28.4. The van der Waals surface area contributed by atoms with Crippen LogP contribution >= 0.6 is 0 Å². The molecule has 1 aliphatic rings. The minimum absolute atomic E-state index is 0.262. The van der Waals surface area contributed by atoms with Crippen LogP contribution in [0.3, 0.4) is 0 Å². The lowest BCUT2D eigenvalue weighted by atomic mass is 9.96. The number of nitrogens with zero attached hydrogens (tertiary/aromatic N) is 3. The number of ether oxygens (including phenoxy) is 2. The van der Waals surface area contributed by atoms with Gasteiger partial charge in [-0.15, -0.1) is 0 Å². The van der Waals surface area contributed by atoms with Crippen LogP contribution in [0, 0.1) is 0 Å². The Morgan fingerprint density at radius 2 is 2.31 bits per heavy atom. The second-order valence-electron chi connectivity index (χ2n) is 6.34. The van der Waals surface area contributed by atoms with Gasteiger partial charge in [-0.05, 0) is 6.92 Å². The average Bonchev–Trinajstić information content (AvgIpc) is 3.11. The Hall–Kier alpha value is -2.33. The zero-order valence-electron chi connectivity index (χ0n) is 14.8. The van der Waals surface area contributed by atoms with E-state index in [1.165, 1.54) is 20.4 Å². The number of nitrogens with one attached hydrogen (secondary N) is 1. The van der Waals surface area contributed by atoms with Crippen LogP contribution in [0.4, 0.5) is 5.82 Å². The van der Waals surface area contributed by atoms with Gasteiger partial charge in [0.05, 0.1) is 12.0 Å². The summed E-state index contributed by atoms with van der Waals surface area (Å²) in [5.41, 5.74) is 0.0581. The number of amides is 1. The highest BCUT2D eigenvalue weighted by Crippen LogP contribution is 2.43. The molecule has 1 amide bonds. The zero-order chi connectivity index (χ0) is 19.1. The third-order valence-corrected chi connectivity index (χ3v) is 4.76. The van der Waals surface area contributed by atoms with Gasteiger partial charge in [0.1, 0.15) is 35.6 Å². The first-order valence-electron chi connectivity index (χ1n) is 8.12. The van der Waals surface area contributed by atoms with Crippen LogP contribution in [0.5, 0.6) is 0 Å². The number of aliphatic hydroxyl groups excluding tert-OH is 2. The largest absolute Gasteiger partial charge is 0.394 e. The van der Waals surface area contributed by atoms with Crippen LogP contribution in [0.2, 0.25) is 0 Å². The molecule has 1 aliphatic heterocycles. The quantitative estimate of drug-likeness (QED) is 0.716. The molecule has 4 atom stereocenters. The second-order valence-corrected chi connectivity index (χ2v) is 6.34. The molecule has 3 unspecified atom stereocenters. The minimum atomic E-state index is -1.11. The number of carbonyl (C=O) groups excluding carboxylic acids is 1. The Kier molecular flexibility index (Phi) is 4.80.